The summed E-state index contributed by atoms with van der Waals surface area (Å²) in [6.45, 7) is 12.8. The molecule has 0 radical (unpaired) electrons. The van der Waals surface area contributed by atoms with Crippen molar-refractivity contribution in [3.63, 3.8) is 0 Å². The topological polar surface area (TPSA) is 147 Å². The number of aryl methyl sites for hydroxylation is 1. The van der Waals surface area contributed by atoms with E-state index in [1.165, 1.54) is 16.2 Å². The van der Waals surface area contributed by atoms with Gasteiger partial charge in [0.05, 0.1) is 28.8 Å². The molecule has 47 heavy (non-hydrogen) atoms. The number of alkyl halides is 1. The second kappa shape index (κ2) is 14.3. The van der Waals surface area contributed by atoms with Gasteiger partial charge >= 0.3 is 5.97 Å². The number of aromatic nitrogens is 1. The Morgan fingerprint density at radius 1 is 1.17 bits per heavy atom. The van der Waals surface area contributed by atoms with E-state index in [2.05, 4.69) is 15.6 Å². The van der Waals surface area contributed by atoms with Gasteiger partial charge in [-0.3, -0.25) is 19.2 Å². The lowest BCUT2D eigenvalue weighted by atomic mass is 9.85. The number of thiazole rings is 1. The van der Waals surface area contributed by atoms with Crippen molar-refractivity contribution >= 4 is 35.0 Å². The molecule has 1 unspecified atom stereocenters. The number of hydrogen-bond donors (Lipinski definition) is 3. The fourth-order valence-electron chi connectivity index (χ4n) is 5.36. The van der Waals surface area contributed by atoms with Crippen LogP contribution in [0.15, 0.2) is 23.7 Å². The van der Waals surface area contributed by atoms with E-state index in [-0.39, 0.29) is 51.3 Å². The minimum absolute atomic E-state index is 0.0209. The van der Waals surface area contributed by atoms with Crippen LogP contribution in [0.1, 0.15) is 84.9 Å². The van der Waals surface area contributed by atoms with E-state index >= 15 is 0 Å². The number of aliphatic hydroxyl groups is 1. The third kappa shape index (κ3) is 9.50. The van der Waals surface area contributed by atoms with Gasteiger partial charge in [-0.25, -0.2) is 9.37 Å². The van der Waals surface area contributed by atoms with Gasteiger partial charge in [0.2, 0.25) is 11.8 Å². The Balaban J connectivity index is 1.46. The van der Waals surface area contributed by atoms with E-state index in [0.717, 1.165) is 16.1 Å². The summed E-state index contributed by atoms with van der Waals surface area (Å²) >= 11 is 1.50. The molecule has 1 saturated carbocycles. The minimum Gasteiger partial charge on any atom is -0.493 e. The van der Waals surface area contributed by atoms with Crippen LogP contribution in [0.2, 0.25) is 0 Å². The molecule has 3 atom stereocenters. The number of esters is 1. The number of amides is 3. The first kappa shape index (κ1) is 36.3. The van der Waals surface area contributed by atoms with Crippen LogP contribution in [0.5, 0.6) is 5.75 Å². The van der Waals surface area contributed by atoms with Crippen molar-refractivity contribution in [2.75, 3.05) is 13.2 Å². The lowest BCUT2D eigenvalue weighted by Gasteiger charge is -2.35. The summed E-state index contributed by atoms with van der Waals surface area (Å²) in [7, 11) is 0. The molecule has 2 heterocycles. The van der Waals surface area contributed by atoms with E-state index in [0.29, 0.717) is 17.7 Å². The number of halogens is 1. The lowest BCUT2D eigenvalue weighted by Crippen LogP contribution is -2.59. The fraction of sp³-hybridized carbons (Fsp3) is 0.618. The second-order valence-electron chi connectivity index (χ2n) is 14.5. The average molecular weight is 675 g/mol. The Morgan fingerprint density at radius 2 is 1.87 bits per heavy atom. The van der Waals surface area contributed by atoms with E-state index in [9.17, 15) is 28.7 Å². The normalized spacial score (nSPS) is 19.6. The van der Waals surface area contributed by atoms with E-state index in [1.807, 2.05) is 45.9 Å². The molecule has 2 aromatic rings. The molecule has 1 aromatic carbocycles. The number of hydrogen-bond acceptors (Lipinski definition) is 9. The van der Waals surface area contributed by atoms with Crippen LogP contribution in [0.4, 0.5) is 4.39 Å². The number of benzene rings is 1. The zero-order valence-electron chi connectivity index (χ0n) is 28.3. The smallest absolute Gasteiger partial charge is 0.306 e. The molecule has 2 fully saturated rings. The molecule has 1 aromatic heterocycles. The number of aliphatic hydroxyl groups excluding tert-OH is 1. The molecule has 3 N–H and O–H groups in total. The monoisotopic (exact) mass is 674 g/mol. The highest BCUT2D eigenvalue weighted by atomic mass is 32.1. The molecule has 258 valence electrons. The maximum atomic E-state index is 14.5. The first-order valence-electron chi connectivity index (χ1n) is 16.0. The summed E-state index contributed by atoms with van der Waals surface area (Å²) < 4.78 is 26.0. The largest absolute Gasteiger partial charge is 0.493 e. The maximum absolute atomic E-state index is 14.5. The van der Waals surface area contributed by atoms with Crippen LogP contribution >= 0.6 is 11.3 Å². The molecular weight excluding hydrogens is 627 g/mol. The molecular formula is C34H47FN4O7S. The van der Waals surface area contributed by atoms with Gasteiger partial charge < -0.3 is 30.1 Å². The predicted molar refractivity (Wildman–Crippen MR) is 175 cm³/mol. The van der Waals surface area contributed by atoms with Crippen LogP contribution in [0.3, 0.4) is 0 Å². The highest BCUT2D eigenvalue weighted by Crippen LogP contribution is 2.40. The van der Waals surface area contributed by atoms with Crippen molar-refractivity contribution in [3.8, 4) is 16.2 Å². The molecule has 1 aliphatic carbocycles. The Kier molecular flexibility index (Phi) is 11.0. The fourth-order valence-corrected chi connectivity index (χ4v) is 6.17. The van der Waals surface area contributed by atoms with Gasteiger partial charge in [0.1, 0.15) is 23.4 Å². The number of rotatable bonds is 12. The summed E-state index contributed by atoms with van der Waals surface area (Å²) in [4.78, 5) is 58.6. The number of β-amino-alcohol motifs (C(OH)–C–C–N with tert-alkyl or cyclic N) is 1. The van der Waals surface area contributed by atoms with Crippen molar-refractivity contribution in [1.82, 2.24) is 20.5 Å². The Bertz CT molecular complexity index is 1480. The van der Waals surface area contributed by atoms with E-state index < -0.39 is 52.6 Å². The number of nitrogens with one attached hydrogen (secondary N) is 2. The van der Waals surface area contributed by atoms with Crippen LogP contribution in [0.25, 0.3) is 10.4 Å². The predicted octanol–water partition coefficient (Wildman–Crippen LogP) is 4.23. The standard InChI is InChI=1S/C34H47FN4O7S/c1-20-27(47-19-37-20)21-10-11-22(25(15-21)45-14-8-9-26(41)46-33(5,6)7)17-36-29(42)24-16-23(40)18-39(24)30(43)28(32(2,3)4)38-31(44)34(35)12-13-34/h10-11,15,19,23-24,28,40H,8-9,12-14,16-18H2,1-7H3,(H,36,42)(H,38,44)/t23-,24+,28?/m1/s1. The molecule has 3 amide bonds. The van der Waals surface area contributed by atoms with Crippen LogP contribution in [-0.4, -0.2) is 81.3 Å². The van der Waals surface area contributed by atoms with Gasteiger partial charge in [0.25, 0.3) is 5.91 Å². The van der Waals surface area contributed by atoms with Crippen molar-refractivity contribution in [2.45, 2.75) is 117 Å². The Labute approximate surface area is 279 Å². The second-order valence-corrected chi connectivity index (χ2v) is 15.3. The van der Waals surface area contributed by atoms with Gasteiger partial charge in [-0.15, -0.1) is 11.3 Å². The average Bonchev–Trinajstić information content (AvgIpc) is 3.38. The number of ether oxygens (including phenoxy) is 2. The number of carbonyl (C=O) groups excluding carboxylic acids is 4. The zero-order chi connectivity index (χ0) is 34.7. The van der Waals surface area contributed by atoms with Crippen molar-refractivity contribution < 1.29 is 38.1 Å². The maximum Gasteiger partial charge on any atom is 0.306 e. The van der Waals surface area contributed by atoms with E-state index in [4.69, 9.17) is 9.47 Å². The first-order chi connectivity index (χ1) is 21.9. The summed E-state index contributed by atoms with van der Waals surface area (Å²) in [6, 6.07) is 3.56. The Hall–Kier alpha value is -3.58. The zero-order valence-corrected chi connectivity index (χ0v) is 29.1. The third-order valence-corrected chi connectivity index (χ3v) is 9.06. The summed E-state index contributed by atoms with van der Waals surface area (Å²) in [6.07, 6.45) is -0.0841. The third-order valence-electron chi connectivity index (χ3n) is 8.08. The molecule has 1 saturated heterocycles. The summed E-state index contributed by atoms with van der Waals surface area (Å²) in [5.74, 6) is -1.65. The van der Waals surface area contributed by atoms with Gasteiger partial charge in [0, 0.05) is 31.5 Å². The highest BCUT2D eigenvalue weighted by molar-refractivity contribution is 7.13. The van der Waals surface area contributed by atoms with Crippen molar-refractivity contribution in [1.29, 1.82) is 0 Å². The molecule has 1 aliphatic heterocycles. The van der Waals surface area contributed by atoms with Crippen LogP contribution < -0.4 is 15.4 Å². The molecule has 4 rings (SSSR count). The quantitative estimate of drug-likeness (QED) is 0.224. The SMILES string of the molecule is Cc1ncsc1-c1ccc(CNC(=O)[C@@H]2C[C@@H](O)CN2C(=O)C(NC(=O)C2(F)CC2)C(C)(C)C)c(OCCCC(=O)OC(C)(C)C)c1. The van der Waals surface area contributed by atoms with Gasteiger partial charge in [-0.1, -0.05) is 32.9 Å². The van der Waals surface area contributed by atoms with Gasteiger partial charge in [-0.2, -0.15) is 0 Å². The van der Waals surface area contributed by atoms with Crippen molar-refractivity contribution in [3.05, 3.63) is 35.0 Å². The molecule has 11 nitrogen and oxygen atoms in total. The van der Waals surface area contributed by atoms with Crippen LogP contribution in [0, 0.1) is 12.3 Å². The van der Waals surface area contributed by atoms with Crippen LogP contribution in [-0.2, 0) is 30.5 Å². The number of carbonyl (C=O) groups is 4. The Morgan fingerprint density at radius 3 is 2.47 bits per heavy atom. The molecule has 2 aliphatic rings. The number of likely N-dealkylation sites (tertiary alicyclic amines) is 1. The first-order valence-corrected chi connectivity index (χ1v) is 16.9. The van der Waals surface area contributed by atoms with E-state index in [1.54, 1.807) is 26.3 Å². The lowest BCUT2D eigenvalue weighted by molar-refractivity contribution is -0.155. The van der Waals surface area contributed by atoms with Gasteiger partial charge in [-0.05, 0) is 64.0 Å². The molecule has 13 heteroatoms. The summed E-state index contributed by atoms with van der Waals surface area (Å²) in [5, 5.41) is 15.9. The molecule has 0 spiro atoms. The summed E-state index contributed by atoms with van der Waals surface area (Å²) in [5.41, 5.74) is 0.898. The molecule has 0 bridgehead atoms. The highest BCUT2D eigenvalue weighted by Gasteiger charge is 2.53. The van der Waals surface area contributed by atoms with Crippen molar-refractivity contribution in [2.24, 2.45) is 5.41 Å². The number of nitrogens with zero attached hydrogens (tertiary/aromatic N) is 2. The minimum atomic E-state index is -1.96. The van der Waals surface area contributed by atoms with Gasteiger partial charge in [0.15, 0.2) is 5.67 Å².